The molecule has 0 aliphatic heterocycles. The van der Waals surface area contributed by atoms with Crippen molar-refractivity contribution in [3.05, 3.63) is 0 Å². The van der Waals surface area contributed by atoms with E-state index in [2.05, 4.69) is 27.7 Å². The van der Waals surface area contributed by atoms with Crippen molar-refractivity contribution in [2.24, 2.45) is 0 Å². The van der Waals surface area contributed by atoms with Crippen molar-refractivity contribution in [1.29, 1.82) is 0 Å². The highest BCUT2D eigenvalue weighted by Crippen LogP contribution is 2.12. The van der Waals surface area contributed by atoms with Crippen LogP contribution in [0.15, 0.2) is 0 Å². The monoisotopic (exact) mass is 200 g/mol. The molecule has 0 rings (SSSR count). The van der Waals surface area contributed by atoms with E-state index >= 15 is 0 Å². The smallest absolute Gasteiger partial charge is 0.0814 e. The number of hydrogen-bond acceptors (Lipinski definition) is 0. The molecule has 1 nitrogen and oxygen atoms in total. The third-order valence-corrected chi connectivity index (χ3v) is 2.79. The predicted molar refractivity (Wildman–Crippen MR) is 70.8 cm³/mol. The van der Waals surface area contributed by atoms with Gasteiger partial charge in [0, 0.05) is 0 Å². The quantitative estimate of drug-likeness (QED) is 0.416. The van der Waals surface area contributed by atoms with E-state index in [4.69, 9.17) is 0 Å². The molecule has 0 fully saturated rings. The first-order chi connectivity index (χ1) is 6.24. The van der Waals surface area contributed by atoms with Gasteiger partial charge in [0.2, 0.25) is 0 Å². The Balaban J connectivity index is 0. The fourth-order valence-electron chi connectivity index (χ4n) is 2.57. The van der Waals surface area contributed by atoms with Crippen molar-refractivity contribution < 1.29 is 4.48 Å². The van der Waals surface area contributed by atoms with E-state index in [1.807, 2.05) is 0 Å². The van der Waals surface area contributed by atoms with Crippen LogP contribution in [0.25, 0.3) is 0 Å². The second-order valence-corrected chi connectivity index (χ2v) is 4.24. The van der Waals surface area contributed by atoms with Crippen LogP contribution < -0.4 is 0 Å². The molecule has 2 heteroatoms. The molecule has 0 saturated carbocycles. The van der Waals surface area contributed by atoms with E-state index in [0.29, 0.717) is 0 Å². The minimum absolute atomic E-state index is 0. The van der Waals surface area contributed by atoms with Gasteiger partial charge < -0.3 is 4.48 Å². The maximum atomic E-state index is 2.31. The average Bonchev–Trinajstić information content (AvgIpc) is 2.06. The van der Waals surface area contributed by atoms with E-state index in [1.54, 1.807) is 0 Å². The van der Waals surface area contributed by atoms with Gasteiger partial charge in [-0.1, -0.05) is 27.7 Å². The molecule has 0 aromatic carbocycles. The van der Waals surface area contributed by atoms with Crippen LogP contribution >= 0.6 is 0 Å². The maximum absolute atomic E-state index is 2.31. The van der Waals surface area contributed by atoms with Gasteiger partial charge in [-0.05, 0) is 25.7 Å². The summed E-state index contributed by atoms with van der Waals surface area (Å²) in [7, 11) is 0. The van der Waals surface area contributed by atoms with E-state index < -0.39 is 0 Å². The summed E-state index contributed by atoms with van der Waals surface area (Å²) in [6.07, 6.45) is 5.33. The summed E-state index contributed by atoms with van der Waals surface area (Å²) >= 11 is 0. The summed E-state index contributed by atoms with van der Waals surface area (Å²) in [5.41, 5.74) is 0. The Morgan fingerprint density at radius 3 is 0.929 bits per heavy atom. The van der Waals surface area contributed by atoms with E-state index in [-0.39, 0.29) is 8.41 Å². The molecule has 0 atom stereocenters. The van der Waals surface area contributed by atoms with Crippen molar-refractivity contribution in [1.82, 2.24) is 0 Å². The minimum atomic E-state index is 0. The zero-order valence-corrected chi connectivity index (χ0v) is 10.1. The van der Waals surface area contributed by atoms with Gasteiger partial charge in [-0.25, -0.2) is 0 Å². The van der Waals surface area contributed by atoms with Crippen LogP contribution in [0.5, 0.6) is 0 Å². The summed E-state index contributed by atoms with van der Waals surface area (Å²) in [6, 6.07) is 0. The van der Waals surface area contributed by atoms with Crippen molar-refractivity contribution >= 4 is 8.41 Å². The predicted octanol–water partition coefficient (Wildman–Crippen LogP) is 2.26. The Kier molecular flexibility index (Phi) is 11.3. The molecule has 0 aromatic heterocycles. The molecule has 14 heavy (non-hydrogen) atoms. The van der Waals surface area contributed by atoms with Gasteiger partial charge in [0.25, 0.3) is 0 Å². The molecule has 0 aliphatic rings. The highest BCUT2D eigenvalue weighted by atomic mass is 15.3. The summed E-state index contributed by atoms with van der Waals surface area (Å²) in [5, 5.41) is 0. The zero-order valence-electron chi connectivity index (χ0n) is 10.1. The number of quaternary nitrogens is 1. The molecular formula is C12H31BN+. The highest BCUT2D eigenvalue weighted by Gasteiger charge is 2.22. The van der Waals surface area contributed by atoms with E-state index in [9.17, 15) is 0 Å². The second-order valence-electron chi connectivity index (χ2n) is 4.24. The van der Waals surface area contributed by atoms with Crippen LogP contribution in [-0.4, -0.2) is 39.1 Å². The Morgan fingerprint density at radius 1 is 0.571 bits per heavy atom. The Hall–Kier alpha value is 0.0249. The number of hydrogen-bond donors (Lipinski definition) is 0. The van der Waals surface area contributed by atoms with Crippen LogP contribution in [0.3, 0.4) is 0 Å². The van der Waals surface area contributed by atoms with Crippen molar-refractivity contribution in [3.8, 4) is 0 Å². The Labute approximate surface area is 93.0 Å². The zero-order chi connectivity index (χ0) is 10.2. The van der Waals surface area contributed by atoms with Gasteiger partial charge in [-0.3, -0.25) is 0 Å². The molecular weight excluding hydrogens is 169 g/mol. The normalized spacial score (nSPS) is 11.1. The molecule has 86 valence electrons. The van der Waals surface area contributed by atoms with Gasteiger partial charge >= 0.3 is 0 Å². The molecule has 0 saturated heterocycles. The van der Waals surface area contributed by atoms with E-state index in [1.165, 1.54) is 56.3 Å². The molecule has 0 heterocycles. The summed E-state index contributed by atoms with van der Waals surface area (Å²) in [6.45, 7) is 14.8. The molecule has 0 radical (unpaired) electrons. The fourth-order valence-corrected chi connectivity index (χ4v) is 2.57. The second kappa shape index (κ2) is 9.58. The summed E-state index contributed by atoms with van der Waals surface area (Å²) in [4.78, 5) is 0. The molecule has 0 spiro atoms. The van der Waals surface area contributed by atoms with Gasteiger partial charge in [-0.15, -0.1) is 0 Å². The van der Waals surface area contributed by atoms with Gasteiger partial charge in [0.15, 0.2) is 0 Å². The van der Waals surface area contributed by atoms with Gasteiger partial charge in [0.05, 0.1) is 34.6 Å². The molecule has 0 amide bonds. The lowest BCUT2D eigenvalue weighted by atomic mass is 10.2. The lowest BCUT2D eigenvalue weighted by Gasteiger charge is -2.38. The first kappa shape index (κ1) is 16.5. The lowest BCUT2D eigenvalue weighted by molar-refractivity contribution is -0.928. The SMILES string of the molecule is B.CCC[N+](CCC)(CCC)CCC. The fraction of sp³-hybridized carbons (Fsp3) is 1.00. The van der Waals surface area contributed by atoms with Gasteiger partial charge in [0.1, 0.15) is 0 Å². The first-order valence-corrected chi connectivity index (χ1v) is 6.09. The molecule has 0 aliphatic carbocycles. The number of rotatable bonds is 8. The standard InChI is InChI=1S/C12H28N.BH3/c1-5-9-13(10-6-2,11-7-3)12-8-4;/h5-12H2,1-4H3;1H3/q+1;. The van der Waals surface area contributed by atoms with Crippen LogP contribution in [-0.2, 0) is 0 Å². The first-order valence-electron chi connectivity index (χ1n) is 6.09. The van der Waals surface area contributed by atoms with Crippen molar-refractivity contribution in [2.45, 2.75) is 53.4 Å². The summed E-state index contributed by atoms with van der Waals surface area (Å²) < 4.78 is 1.38. The number of nitrogens with zero attached hydrogens (tertiary/aromatic N) is 1. The lowest BCUT2D eigenvalue weighted by Crippen LogP contribution is -2.50. The van der Waals surface area contributed by atoms with Crippen LogP contribution in [0, 0.1) is 0 Å². The third-order valence-electron chi connectivity index (χ3n) is 2.79. The maximum Gasteiger partial charge on any atom is 0.0814 e. The molecule has 0 N–H and O–H groups in total. The topological polar surface area (TPSA) is 0 Å². The van der Waals surface area contributed by atoms with Crippen LogP contribution in [0.4, 0.5) is 0 Å². The van der Waals surface area contributed by atoms with Gasteiger partial charge in [-0.2, -0.15) is 0 Å². The third kappa shape index (κ3) is 5.69. The molecule has 0 bridgehead atoms. The van der Waals surface area contributed by atoms with Crippen molar-refractivity contribution in [3.63, 3.8) is 0 Å². The highest BCUT2D eigenvalue weighted by molar-refractivity contribution is 5.75. The van der Waals surface area contributed by atoms with E-state index in [0.717, 1.165) is 0 Å². The Morgan fingerprint density at radius 2 is 0.786 bits per heavy atom. The minimum Gasteiger partial charge on any atom is -0.324 e. The summed E-state index contributed by atoms with van der Waals surface area (Å²) in [5.74, 6) is 0. The van der Waals surface area contributed by atoms with Crippen molar-refractivity contribution in [2.75, 3.05) is 26.2 Å². The molecule has 0 unspecified atom stereocenters. The Bertz CT molecular complexity index is 85.4. The average molecular weight is 200 g/mol. The largest absolute Gasteiger partial charge is 0.324 e. The molecule has 0 aromatic rings. The van der Waals surface area contributed by atoms with Crippen LogP contribution in [0.1, 0.15) is 53.4 Å². The van der Waals surface area contributed by atoms with Crippen LogP contribution in [0.2, 0.25) is 0 Å².